The summed E-state index contributed by atoms with van der Waals surface area (Å²) in [4.78, 5) is 12.6. The van der Waals surface area contributed by atoms with Crippen LogP contribution in [0.1, 0.15) is 64.7 Å². The van der Waals surface area contributed by atoms with E-state index in [1.807, 2.05) is 4.90 Å². The molecule has 0 atom stereocenters. The highest BCUT2D eigenvalue weighted by molar-refractivity contribution is 5.85. The van der Waals surface area contributed by atoms with Gasteiger partial charge in [0.15, 0.2) is 0 Å². The number of hydrogen-bond acceptors (Lipinski definition) is 4. The fourth-order valence-electron chi connectivity index (χ4n) is 2.37. The van der Waals surface area contributed by atoms with Crippen molar-refractivity contribution < 1.29 is 9.90 Å². The molecule has 0 bridgehead atoms. The van der Waals surface area contributed by atoms with E-state index in [9.17, 15) is 4.79 Å². The van der Waals surface area contributed by atoms with Gasteiger partial charge in [0.05, 0.1) is 12.7 Å². The van der Waals surface area contributed by atoms with Crippen molar-refractivity contribution in [2.75, 3.05) is 19.6 Å². The van der Waals surface area contributed by atoms with Gasteiger partial charge in [0.2, 0.25) is 0 Å². The quantitative estimate of drug-likeness (QED) is 0.337. The second-order valence-corrected chi connectivity index (χ2v) is 5.62. The smallest absolute Gasteiger partial charge is 0.317 e. The first-order valence-electron chi connectivity index (χ1n) is 8.01. The fraction of sp³-hybridized carbons (Fsp3) is 0.933. The Balaban J connectivity index is 0. The SMILES string of the molecule is CCCCCCCCCCCN(CC(=O)O)CC(N)N.Cl. The van der Waals surface area contributed by atoms with Crippen LogP contribution >= 0.6 is 12.4 Å². The van der Waals surface area contributed by atoms with Crippen LogP contribution in [0.2, 0.25) is 0 Å². The van der Waals surface area contributed by atoms with E-state index in [2.05, 4.69) is 6.92 Å². The summed E-state index contributed by atoms with van der Waals surface area (Å²) < 4.78 is 0. The largest absolute Gasteiger partial charge is 0.480 e. The van der Waals surface area contributed by atoms with Crippen molar-refractivity contribution >= 4 is 18.4 Å². The van der Waals surface area contributed by atoms with Crippen LogP contribution in [-0.4, -0.2) is 41.8 Å². The molecule has 0 spiro atoms. The second-order valence-electron chi connectivity index (χ2n) is 5.62. The molecule has 0 saturated heterocycles. The predicted octanol–water partition coefficient (Wildman–Crippen LogP) is 2.57. The summed E-state index contributed by atoms with van der Waals surface area (Å²) in [6.45, 7) is 3.48. The zero-order chi connectivity index (χ0) is 15.2. The number of nitrogens with two attached hydrogens (primary N) is 2. The van der Waals surface area contributed by atoms with Crippen LogP contribution in [0.15, 0.2) is 0 Å². The lowest BCUT2D eigenvalue weighted by Crippen LogP contribution is -2.45. The van der Waals surface area contributed by atoms with Gasteiger partial charge in [0.25, 0.3) is 0 Å². The van der Waals surface area contributed by atoms with Gasteiger partial charge < -0.3 is 16.6 Å². The third kappa shape index (κ3) is 17.6. The molecule has 21 heavy (non-hydrogen) atoms. The first-order chi connectivity index (χ1) is 9.56. The van der Waals surface area contributed by atoms with Crippen LogP contribution in [0.5, 0.6) is 0 Å². The van der Waals surface area contributed by atoms with E-state index in [4.69, 9.17) is 16.6 Å². The first kappa shape index (κ1) is 22.9. The molecule has 0 radical (unpaired) electrons. The third-order valence-corrected chi connectivity index (χ3v) is 3.41. The van der Waals surface area contributed by atoms with Crippen LogP contribution in [-0.2, 0) is 4.79 Å². The van der Waals surface area contributed by atoms with E-state index in [1.54, 1.807) is 0 Å². The molecule has 0 aromatic carbocycles. The summed E-state index contributed by atoms with van der Waals surface area (Å²) in [7, 11) is 0. The Labute approximate surface area is 135 Å². The fourth-order valence-corrected chi connectivity index (χ4v) is 2.37. The van der Waals surface area contributed by atoms with Crippen molar-refractivity contribution in [1.29, 1.82) is 0 Å². The van der Waals surface area contributed by atoms with Gasteiger partial charge in [0, 0.05) is 6.54 Å². The Morgan fingerprint density at radius 2 is 1.48 bits per heavy atom. The summed E-state index contributed by atoms with van der Waals surface area (Å²) in [5, 5.41) is 8.82. The van der Waals surface area contributed by atoms with Crippen molar-refractivity contribution in [2.24, 2.45) is 11.5 Å². The van der Waals surface area contributed by atoms with E-state index in [0.29, 0.717) is 6.54 Å². The molecule has 0 saturated carbocycles. The second kappa shape index (κ2) is 16.0. The average molecular weight is 324 g/mol. The molecule has 5 N–H and O–H groups in total. The highest BCUT2D eigenvalue weighted by Crippen LogP contribution is 2.09. The Hall–Kier alpha value is -0.360. The normalized spacial score (nSPS) is 10.9. The lowest BCUT2D eigenvalue weighted by atomic mass is 10.1. The molecule has 0 aliphatic carbocycles. The number of aliphatic carboxylic acids is 1. The molecular weight excluding hydrogens is 290 g/mol. The van der Waals surface area contributed by atoms with E-state index in [-0.39, 0.29) is 19.0 Å². The summed E-state index contributed by atoms with van der Waals surface area (Å²) in [5.41, 5.74) is 11.0. The Morgan fingerprint density at radius 3 is 1.90 bits per heavy atom. The van der Waals surface area contributed by atoms with Gasteiger partial charge in [0.1, 0.15) is 0 Å². The molecule has 0 rings (SSSR count). The maximum atomic E-state index is 10.7. The Kier molecular flexibility index (Phi) is 17.5. The van der Waals surface area contributed by atoms with Crippen LogP contribution < -0.4 is 11.5 Å². The highest BCUT2D eigenvalue weighted by atomic mass is 35.5. The topological polar surface area (TPSA) is 92.6 Å². The molecule has 0 aromatic heterocycles. The zero-order valence-electron chi connectivity index (χ0n) is 13.4. The van der Waals surface area contributed by atoms with Crippen molar-refractivity contribution in [3.8, 4) is 0 Å². The third-order valence-electron chi connectivity index (χ3n) is 3.41. The number of rotatable bonds is 14. The molecule has 0 unspecified atom stereocenters. The average Bonchev–Trinajstić information content (AvgIpc) is 2.35. The summed E-state index contributed by atoms with van der Waals surface area (Å²) in [5.74, 6) is -0.818. The van der Waals surface area contributed by atoms with E-state index in [1.165, 1.54) is 44.9 Å². The summed E-state index contributed by atoms with van der Waals surface area (Å²) >= 11 is 0. The molecule has 0 aliphatic rings. The predicted molar refractivity (Wildman–Crippen MR) is 90.7 cm³/mol. The zero-order valence-corrected chi connectivity index (χ0v) is 14.2. The maximum absolute atomic E-state index is 10.7. The molecule has 0 fully saturated rings. The molecule has 0 amide bonds. The first-order valence-corrected chi connectivity index (χ1v) is 8.01. The van der Waals surface area contributed by atoms with E-state index >= 15 is 0 Å². The number of carboxylic acid groups (broad SMARTS) is 1. The van der Waals surface area contributed by atoms with Crippen molar-refractivity contribution in [3.05, 3.63) is 0 Å². The standard InChI is InChI=1S/C15H33N3O2.ClH/c1-2-3-4-5-6-7-8-9-10-11-18(12-14(16)17)13-15(19)20;/h14H,2-13,16-17H2,1H3,(H,19,20);1H. The number of carboxylic acids is 1. The Bertz CT molecular complexity index is 241. The molecule has 0 aliphatic heterocycles. The van der Waals surface area contributed by atoms with Gasteiger partial charge >= 0.3 is 5.97 Å². The lowest BCUT2D eigenvalue weighted by Gasteiger charge is -2.21. The number of hydrogen-bond donors (Lipinski definition) is 3. The molecule has 128 valence electrons. The molecule has 5 nitrogen and oxygen atoms in total. The number of halogens is 1. The van der Waals surface area contributed by atoms with E-state index in [0.717, 1.165) is 19.4 Å². The van der Waals surface area contributed by atoms with Gasteiger partial charge in [-0.25, -0.2) is 0 Å². The van der Waals surface area contributed by atoms with Crippen molar-refractivity contribution in [3.63, 3.8) is 0 Å². The number of nitrogens with zero attached hydrogens (tertiary/aromatic N) is 1. The van der Waals surface area contributed by atoms with E-state index < -0.39 is 12.1 Å². The number of unbranched alkanes of at least 4 members (excludes halogenated alkanes) is 8. The van der Waals surface area contributed by atoms with Gasteiger partial charge in [-0.15, -0.1) is 12.4 Å². The minimum absolute atomic E-state index is 0. The molecule has 0 heterocycles. The van der Waals surface area contributed by atoms with Crippen LogP contribution in [0, 0.1) is 0 Å². The summed E-state index contributed by atoms with van der Waals surface area (Å²) in [6.07, 6.45) is 10.9. The maximum Gasteiger partial charge on any atom is 0.317 e. The monoisotopic (exact) mass is 323 g/mol. The lowest BCUT2D eigenvalue weighted by molar-refractivity contribution is -0.138. The van der Waals surface area contributed by atoms with Crippen LogP contribution in [0.25, 0.3) is 0 Å². The minimum Gasteiger partial charge on any atom is -0.480 e. The van der Waals surface area contributed by atoms with Gasteiger partial charge in [-0.05, 0) is 13.0 Å². The number of carbonyl (C=O) groups is 1. The minimum atomic E-state index is -0.818. The molecule has 0 aromatic rings. The van der Waals surface area contributed by atoms with Gasteiger partial charge in [-0.3, -0.25) is 9.69 Å². The highest BCUT2D eigenvalue weighted by Gasteiger charge is 2.11. The Morgan fingerprint density at radius 1 is 1.00 bits per heavy atom. The molecule has 6 heteroatoms. The summed E-state index contributed by atoms with van der Waals surface area (Å²) in [6, 6.07) is 0. The van der Waals surface area contributed by atoms with Crippen molar-refractivity contribution in [2.45, 2.75) is 70.9 Å². The van der Waals surface area contributed by atoms with Crippen LogP contribution in [0.3, 0.4) is 0 Å². The van der Waals surface area contributed by atoms with Crippen molar-refractivity contribution in [1.82, 2.24) is 4.90 Å². The van der Waals surface area contributed by atoms with Crippen LogP contribution in [0.4, 0.5) is 0 Å². The van der Waals surface area contributed by atoms with Gasteiger partial charge in [-0.2, -0.15) is 0 Å². The molecular formula is C15H34ClN3O2. The van der Waals surface area contributed by atoms with Gasteiger partial charge in [-0.1, -0.05) is 58.3 Å².